The van der Waals surface area contributed by atoms with Crippen molar-refractivity contribution in [3.63, 3.8) is 0 Å². The molecule has 0 aliphatic carbocycles. The number of hydrogen-bond acceptors (Lipinski definition) is 4. The Balaban J connectivity index is 2.10. The molecule has 0 spiro atoms. The van der Waals surface area contributed by atoms with E-state index >= 15 is 0 Å². The van der Waals surface area contributed by atoms with E-state index in [-0.39, 0.29) is 6.04 Å². The van der Waals surface area contributed by atoms with Crippen molar-refractivity contribution in [2.45, 2.75) is 39.3 Å². The van der Waals surface area contributed by atoms with E-state index in [1.807, 2.05) is 17.9 Å². The summed E-state index contributed by atoms with van der Waals surface area (Å²) in [6, 6.07) is 0.268. The molecule has 0 amide bonds. The molecule has 2 rings (SSSR count). The monoisotopic (exact) mass is 264 g/mol. The number of hydrogen-bond donors (Lipinski definition) is 1. The zero-order chi connectivity index (χ0) is 12.8. The van der Waals surface area contributed by atoms with Gasteiger partial charge in [-0.2, -0.15) is 0 Å². The Morgan fingerprint density at radius 1 is 1.39 bits per heavy atom. The Morgan fingerprint density at radius 3 is 2.94 bits per heavy atom. The summed E-state index contributed by atoms with van der Waals surface area (Å²) in [6.07, 6.45) is 5.93. The van der Waals surface area contributed by atoms with Crippen molar-refractivity contribution in [2.24, 2.45) is 0 Å². The van der Waals surface area contributed by atoms with Gasteiger partial charge in [-0.05, 0) is 19.9 Å². The van der Waals surface area contributed by atoms with Crippen LogP contribution in [0.3, 0.4) is 0 Å². The molecular weight excluding hydrogens is 244 g/mol. The maximum Gasteiger partial charge on any atom is 0.110 e. The zero-order valence-corrected chi connectivity index (χ0v) is 11.8. The highest BCUT2D eigenvalue weighted by Gasteiger charge is 2.15. The molecule has 5 heteroatoms. The molecule has 0 aromatic carbocycles. The van der Waals surface area contributed by atoms with Gasteiger partial charge in [0, 0.05) is 30.7 Å². The van der Waals surface area contributed by atoms with Gasteiger partial charge in [0.25, 0.3) is 0 Å². The lowest BCUT2D eigenvalue weighted by Gasteiger charge is -2.16. The van der Waals surface area contributed by atoms with Crippen LogP contribution in [0.5, 0.6) is 0 Å². The molecule has 0 aliphatic rings. The van der Waals surface area contributed by atoms with Gasteiger partial charge in [-0.15, -0.1) is 11.3 Å². The highest BCUT2D eigenvalue weighted by molar-refractivity contribution is 7.07. The summed E-state index contributed by atoms with van der Waals surface area (Å²) in [4.78, 5) is 8.87. The third-order valence-electron chi connectivity index (χ3n) is 2.98. The molecule has 2 aromatic heterocycles. The van der Waals surface area contributed by atoms with Crippen LogP contribution < -0.4 is 5.32 Å². The Morgan fingerprint density at radius 2 is 2.28 bits per heavy atom. The number of imidazole rings is 1. The van der Waals surface area contributed by atoms with E-state index in [2.05, 4.69) is 39.1 Å². The molecule has 2 aromatic rings. The van der Waals surface area contributed by atoms with E-state index in [0.717, 1.165) is 37.4 Å². The van der Waals surface area contributed by atoms with E-state index in [4.69, 9.17) is 0 Å². The molecular formula is C13H20N4S. The van der Waals surface area contributed by atoms with E-state index in [1.165, 1.54) is 0 Å². The quantitative estimate of drug-likeness (QED) is 0.836. The number of nitrogens with one attached hydrogen (secondary N) is 1. The molecule has 18 heavy (non-hydrogen) atoms. The second-order valence-electron chi connectivity index (χ2n) is 4.25. The molecule has 1 atom stereocenters. The summed E-state index contributed by atoms with van der Waals surface area (Å²) < 4.78 is 2.19. The van der Waals surface area contributed by atoms with Gasteiger partial charge >= 0.3 is 0 Å². The van der Waals surface area contributed by atoms with Crippen LogP contribution in [0.1, 0.15) is 37.8 Å². The second-order valence-corrected chi connectivity index (χ2v) is 4.97. The van der Waals surface area contributed by atoms with Crippen LogP contribution in [-0.4, -0.2) is 21.1 Å². The van der Waals surface area contributed by atoms with Crippen molar-refractivity contribution in [2.75, 3.05) is 6.54 Å². The fourth-order valence-electron chi connectivity index (χ4n) is 1.99. The Bertz CT molecular complexity index is 449. The van der Waals surface area contributed by atoms with Gasteiger partial charge in [0.15, 0.2) is 0 Å². The summed E-state index contributed by atoms with van der Waals surface area (Å²) in [5, 5.41) is 5.67. The molecule has 1 N–H and O–H groups in total. The maximum atomic E-state index is 4.44. The predicted molar refractivity (Wildman–Crippen MR) is 74.8 cm³/mol. The molecule has 0 fully saturated rings. The first-order valence-corrected chi connectivity index (χ1v) is 7.40. The van der Waals surface area contributed by atoms with Gasteiger partial charge < -0.3 is 9.88 Å². The van der Waals surface area contributed by atoms with Crippen molar-refractivity contribution in [1.29, 1.82) is 0 Å². The second kappa shape index (κ2) is 6.66. The summed E-state index contributed by atoms with van der Waals surface area (Å²) in [7, 11) is 0. The fraction of sp³-hybridized carbons (Fsp3) is 0.538. The summed E-state index contributed by atoms with van der Waals surface area (Å²) in [5.74, 6) is 1.12. The number of rotatable bonds is 7. The van der Waals surface area contributed by atoms with E-state index in [1.54, 1.807) is 11.3 Å². The summed E-state index contributed by atoms with van der Waals surface area (Å²) in [5.41, 5.74) is 3.02. The lowest BCUT2D eigenvalue weighted by molar-refractivity contribution is 0.498. The Labute approximate surface area is 112 Å². The SMILES string of the molecule is CCCNC(Cc1nccn1CC)c1cscn1. The van der Waals surface area contributed by atoms with Crippen LogP contribution >= 0.6 is 11.3 Å². The largest absolute Gasteiger partial charge is 0.335 e. The van der Waals surface area contributed by atoms with Crippen LogP contribution in [0.2, 0.25) is 0 Å². The van der Waals surface area contributed by atoms with E-state index in [9.17, 15) is 0 Å². The van der Waals surface area contributed by atoms with Crippen LogP contribution in [0.15, 0.2) is 23.3 Å². The Kier molecular flexibility index (Phi) is 4.90. The molecule has 2 heterocycles. The van der Waals surface area contributed by atoms with Crippen LogP contribution in [0.25, 0.3) is 0 Å². The van der Waals surface area contributed by atoms with Crippen LogP contribution in [-0.2, 0) is 13.0 Å². The van der Waals surface area contributed by atoms with Crippen LogP contribution in [0, 0.1) is 0 Å². The molecule has 0 saturated heterocycles. The first kappa shape index (κ1) is 13.2. The average Bonchev–Trinajstić information content (AvgIpc) is 3.04. The third-order valence-corrected chi connectivity index (χ3v) is 3.58. The summed E-state index contributed by atoms with van der Waals surface area (Å²) in [6.45, 7) is 6.29. The number of aryl methyl sites for hydroxylation is 1. The third kappa shape index (κ3) is 3.17. The van der Waals surface area contributed by atoms with Crippen molar-refractivity contribution < 1.29 is 0 Å². The lowest BCUT2D eigenvalue weighted by atomic mass is 10.1. The zero-order valence-electron chi connectivity index (χ0n) is 11.0. The predicted octanol–water partition coefficient (Wildman–Crippen LogP) is 2.64. The topological polar surface area (TPSA) is 42.7 Å². The normalized spacial score (nSPS) is 12.8. The van der Waals surface area contributed by atoms with E-state index in [0.29, 0.717) is 0 Å². The molecule has 0 aliphatic heterocycles. The Hall–Kier alpha value is -1.20. The van der Waals surface area contributed by atoms with E-state index < -0.39 is 0 Å². The molecule has 0 radical (unpaired) electrons. The van der Waals surface area contributed by atoms with Gasteiger partial charge in [0.1, 0.15) is 5.82 Å². The standard InChI is InChI=1S/C13H20N4S/c1-3-5-14-11(12-9-18-10-16-12)8-13-15-6-7-17(13)4-2/h6-7,9-11,14H,3-5,8H2,1-2H3. The minimum Gasteiger partial charge on any atom is -0.335 e. The van der Waals surface area contributed by atoms with Crippen molar-refractivity contribution in [3.05, 3.63) is 34.8 Å². The number of nitrogens with zero attached hydrogens (tertiary/aromatic N) is 3. The highest BCUT2D eigenvalue weighted by atomic mass is 32.1. The molecule has 1 unspecified atom stereocenters. The van der Waals surface area contributed by atoms with Gasteiger partial charge in [0.05, 0.1) is 17.2 Å². The summed E-state index contributed by atoms with van der Waals surface area (Å²) >= 11 is 1.65. The minimum atomic E-state index is 0.268. The minimum absolute atomic E-state index is 0.268. The van der Waals surface area contributed by atoms with Crippen molar-refractivity contribution in [3.8, 4) is 0 Å². The fourth-order valence-corrected chi connectivity index (χ4v) is 2.60. The number of aromatic nitrogens is 3. The first-order valence-electron chi connectivity index (χ1n) is 6.46. The van der Waals surface area contributed by atoms with Gasteiger partial charge in [-0.1, -0.05) is 6.92 Å². The van der Waals surface area contributed by atoms with Gasteiger partial charge in [-0.3, -0.25) is 0 Å². The maximum absolute atomic E-state index is 4.44. The smallest absolute Gasteiger partial charge is 0.110 e. The molecule has 98 valence electrons. The lowest BCUT2D eigenvalue weighted by Crippen LogP contribution is -2.25. The van der Waals surface area contributed by atoms with Crippen molar-refractivity contribution >= 4 is 11.3 Å². The van der Waals surface area contributed by atoms with Gasteiger partial charge in [-0.25, -0.2) is 9.97 Å². The first-order chi connectivity index (χ1) is 8.85. The molecule has 0 saturated carbocycles. The molecule has 0 bridgehead atoms. The van der Waals surface area contributed by atoms with Crippen molar-refractivity contribution in [1.82, 2.24) is 19.9 Å². The number of thiazole rings is 1. The molecule has 4 nitrogen and oxygen atoms in total. The highest BCUT2D eigenvalue weighted by Crippen LogP contribution is 2.17. The average molecular weight is 264 g/mol. The van der Waals surface area contributed by atoms with Crippen LogP contribution in [0.4, 0.5) is 0 Å². The van der Waals surface area contributed by atoms with Gasteiger partial charge in [0.2, 0.25) is 0 Å².